The van der Waals surface area contributed by atoms with Crippen LogP contribution in [0.15, 0.2) is 48.5 Å². The summed E-state index contributed by atoms with van der Waals surface area (Å²) in [6.07, 6.45) is 0. The van der Waals surface area contributed by atoms with E-state index >= 15 is 0 Å². The third-order valence-electron chi connectivity index (χ3n) is 2.69. The number of hydrogen-bond donors (Lipinski definition) is 2. The number of benzene rings is 2. The highest BCUT2D eigenvalue weighted by Gasteiger charge is 2.05. The molecular formula is C15H16N2O. The molecule has 2 aromatic carbocycles. The fourth-order valence-corrected chi connectivity index (χ4v) is 1.74. The number of aryl methyl sites for hydroxylation is 1. The monoisotopic (exact) mass is 240 g/mol. The number of carbonyl (C=O) groups excluding carboxylic acids is 1. The molecule has 0 heterocycles. The molecule has 2 rings (SSSR count). The van der Waals surface area contributed by atoms with Gasteiger partial charge in [-0.05, 0) is 37.3 Å². The Labute approximate surface area is 107 Å². The van der Waals surface area contributed by atoms with Gasteiger partial charge in [-0.2, -0.15) is 0 Å². The third-order valence-corrected chi connectivity index (χ3v) is 2.69. The van der Waals surface area contributed by atoms with Crippen LogP contribution in [0.4, 0.5) is 11.4 Å². The summed E-state index contributed by atoms with van der Waals surface area (Å²) in [4.78, 5) is 12.0. The summed E-state index contributed by atoms with van der Waals surface area (Å²) in [5, 5.41) is 5.92. The first-order valence-corrected chi connectivity index (χ1v) is 5.85. The Balaban J connectivity index is 2.16. The zero-order chi connectivity index (χ0) is 13.0. The molecule has 2 N–H and O–H groups in total. The number of carbonyl (C=O) groups is 1. The van der Waals surface area contributed by atoms with Gasteiger partial charge < -0.3 is 10.6 Å². The van der Waals surface area contributed by atoms with Crippen molar-refractivity contribution in [3.05, 3.63) is 59.7 Å². The van der Waals surface area contributed by atoms with Gasteiger partial charge in [0.2, 0.25) is 0 Å². The normalized spacial score (nSPS) is 9.89. The van der Waals surface area contributed by atoms with Crippen LogP contribution in [0, 0.1) is 6.92 Å². The fraction of sp³-hybridized carbons (Fsp3) is 0.133. The van der Waals surface area contributed by atoms with Crippen molar-refractivity contribution in [2.45, 2.75) is 6.92 Å². The fourth-order valence-electron chi connectivity index (χ4n) is 1.74. The quantitative estimate of drug-likeness (QED) is 0.864. The van der Waals surface area contributed by atoms with Crippen LogP contribution < -0.4 is 10.6 Å². The van der Waals surface area contributed by atoms with E-state index in [9.17, 15) is 4.79 Å². The number of anilines is 2. The molecule has 2 aromatic rings. The van der Waals surface area contributed by atoms with Crippen LogP contribution >= 0.6 is 0 Å². The summed E-state index contributed by atoms with van der Waals surface area (Å²) < 4.78 is 0. The Hall–Kier alpha value is -2.29. The predicted octanol–water partition coefficient (Wildman–Crippen LogP) is 3.29. The standard InChI is InChI=1S/C15H16N2O/c1-11-5-3-6-12(9-11)15(18)17-14-8-4-7-13(10-14)16-2/h3-10,16H,1-2H3,(H,17,18). The van der Waals surface area contributed by atoms with Gasteiger partial charge in [-0.25, -0.2) is 0 Å². The number of nitrogens with one attached hydrogen (secondary N) is 2. The van der Waals surface area contributed by atoms with Crippen LogP contribution in [0.1, 0.15) is 15.9 Å². The average molecular weight is 240 g/mol. The third kappa shape index (κ3) is 2.88. The van der Waals surface area contributed by atoms with E-state index < -0.39 is 0 Å². The molecule has 0 fully saturated rings. The smallest absolute Gasteiger partial charge is 0.255 e. The summed E-state index contributed by atoms with van der Waals surface area (Å²) in [5.74, 6) is -0.0908. The molecule has 92 valence electrons. The lowest BCUT2D eigenvalue weighted by Crippen LogP contribution is -2.12. The first kappa shape index (κ1) is 12.2. The molecule has 0 aliphatic rings. The number of amides is 1. The minimum atomic E-state index is -0.0908. The molecule has 0 saturated heterocycles. The zero-order valence-corrected chi connectivity index (χ0v) is 10.5. The molecule has 0 saturated carbocycles. The minimum absolute atomic E-state index is 0.0908. The summed E-state index contributed by atoms with van der Waals surface area (Å²) >= 11 is 0. The highest BCUT2D eigenvalue weighted by Crippen LogP contribution is 2.15. The molecule has 3 nitrogen and oxygen atoms in total. The molecule has 0 bridgehead atoms. The van der Waals surface area contributed by atoms with Gasteiger partial charge in [0.25, 0.3) is 5.91 Å². The van der Waals surface area contributed by atoms with E-state index in [1.807, 2.05) is 62.5 Å². The number of hydrogen-bond acceptors (Lipinski definition) is 2. The molecule has 0 aliphatic heterocycles. The summed E-state index contributed by atoms with van der Waals surface area (Å²) in [5.41, 5.74) is 3.50. The van der Waals surface area contributed by atoms with Crippen molar-refractivity contribution in [1.29, 1.82) is 0 Å². The van der Waals surface area contributed by atoms with Crippen LogP contribution in [0.5, 0.6) is 0 Å². The van der Waals surface area contributed by atoms with E-state index in [-0.39, 0.29) is 5.91 Å². The van der Waals surface area contributed by atoms with Gasteiger partial charge in [-0.15, -0.1) is 0 Å². The molecule has 0 unspecified atom stereocenters. The Kier molecular flexibility index (Phi) is 3.63. The minimum Gasteiger partial charge on any atom is -0.388 e. The SMILES string of the molecule is CNc1cccc(NC(=O)c2cccc(C)c2)c1. The van der Waals surface area contributed by atoms with E-state index in [0.717, 1.165) is 16.9 Å². The maximum atomic E-state index is 12.0. The lowest BCUT2D eigenvalue weighted by atomic mass is 10.1. The van der Waals surface area contributed by atoms with Gasteiger partial charge >= 0.3 is 0 Å². The van der Waals surface area contributed by atoms with Crippen LogP contribution in [-0.4, -0.2) is 13.0 Å². The first-order valence-electron chi connectivity index (χ1n) is 5.85. The van der Waals surface area contributed by atoms with E-state index in [1.54, 1.807) is 0 Å². The second-order valence-electron chi connectivity index (χ2n) is 4.15. The molecule has 0 radical (unpaired) electrons. The highest BCUT2D eigenvalue weighted by atomic mass is 16.1. The summed E-state index contributed by atoms with van der Waals surface area (Å²) in [7, 11) is 1.85. The Morgan fingerprint density at radius 3 is 2.44 bits per heavy atom. The van der Waals surface area contributed by atoms with Gasteiger partial charge in [-0.1, -0.05) is 23.8 Å². The van der Waals surface area contributed by atoms with Crippen molar-refractivity contribution in [2.75, 3.05) is 17.7 Å². The molecule has 18 heavy (non-hydrogen) atoms. The average Bonchev–Trinajstić information content (AvgIpc) is 2.39. The molecular weight excluding hydrogens is 224 g/mol. The Morgan fingerprint density at radius 2 is 1.72 bits per heavy atom. The molecule has 0 aliphatic carbocycles. The molecule has 1 amide bonds. The first-order chi connectivity index (χ1) is 8.69. The summed E-state index contributed by atoms with van der Waals surface area (Å²) in [6, 6.07) is 15.1. The molecule has 0 spiro atoms. The molecule has 3 heteroatoms. The van der Waals surface area contributed by atoms with Gasteiger partial charge in [0, 0.05) is 24.0 Å². The van der Waals surface area contributed by atoms with E-state index in [1.165, 1.54) is 0 Å². The van der Waals surface area contributed by atoms with Crippen molar-refractivity contribution in [1.82, 2.24) is 0 Å². The Bertz CT molecular complexity index is 564. The maximum absolute atomic E-state index is 12.0. The van der Waals surface area contributed by atoms with E-state index in [2.05, 4.69) is 10.6 Å². The molecule has 0 aromatic heterocycles. The van der Waals surface area contributed by atoms with Crippen LogP contribution in [0.3, 0.4) is 0 Å². The maximum Gasteiger partial charge on any atom is 0.255 e. The second kappa shape index (κ2) is 5.36. The molecule has 0 atom stereocenters. The zero-order valence-electron chi connectivity index (χ0n) is 10.5. The van der Waals surface area contributed by atoms with Crippen LogP contribution in [0.25, 0.3) is 0 Å². The van der Waals surface area contributed by atoms with Crippen molar-refractivity contribution in [2.24, 2.45) is 0 Å². The van der Waals surface area contributed by atoms with Crippen LogP contribution in [-0.2, 0) is 0 Å². The predicted molar refractivity (Wildman–Crippen MR) is 75.1 cm³/mol. The van der Waals surface area contributed by atoms with Gasteiger partial charge in [0.15, 0.2) is 0 Å². The highest BCUT2D eigenvalue weighted by molar-refractivity contribution is 6.04. The largest absolute Gasteiger partial charge is 0.388 e. The van der Waals surface area contributed by atoms with Gasteiger partial charge in [0.1, 0.15) is 0 Å². The van der Waals surface area contributed by atoms with Crippen molar-refractivity contribution in [3.8, 4) is 0 Å². The van der Waals surface area contributed by atoms with Crippen molar-refractivity contribution >= 4 is 17.3 Å². The Morgan fingerprint density at radius 1 is 1.00 bits per heavy atom. The number of rotatable bonds is 3. The second-order valence-corrected chi connectivity index (χ2v) is 4.15. The van der Waals surface area contributed by atoms with Crippen molar-refractivity contribution < 1.29 is 4.79 Å². The topological polar surface area (TPSA) is 41.1 Å². The van der Waals surface area contributed by atoms with E-state index in [4.69, 9.17) is 0 Å². The summed E-state index contributed by atoms with van der Waals surface area (Å²) in [6.45, 7) is 1.97. The van der Waals surface area contributed by atoms with Crippen molar-refractivity contribution in [3.63, 3.8) is 0 Å². The van der Waals surface area contributed by atoms with Crippen LogP contribution in [0.2, 0.25) is 0 Å². The van der Waals surface area contributed by atoms with Gasteiger partial charge in [0.05, 0.1) is 0 Å². The van der Waals surface area contributed by atoms with E-state index in [0.29, 0.717) is 5.56 Å². The van der Waals surface area contributed by atoms with Gasteiger partial charge in [-0.3, -0.25) is 4.79 Å². The lowest BCUT2D eigenvalue weighted by Gasteiger charge is -2.07. The lowest BCUT2D eigenvalue weighted by molar-refractivity contribution is 0.102.